The molecule has 2 aromatic rings. The molecule has 2 aromatic carbocycles. The maximum Gasteiger partial charge on any atom is 0.0548 e. The van der Waals surface area contributed by atoms with Crippen LogP contribution in [0.4, 0.5) is 0 Å². The van der Waals surface area contributed by atoms with Crippen LogP contribution in [0.3, 0.4) is 0 Å². The molecule has 0 saturated heterocycles. The van der Waals surface area contributed by atoms with Gasteiger partial charge in [-0.25, -0.2) is 0 Å². The second-order valence-electron chi connectivity index (χ2n) is 4.98. The van der Waals surface area contributed by atoms with E-state index in [1.807, 2.05) is 12.1 Å². The monoisotopic (exact) mass is 367 g/mol. The van der Waals surface area contributed by atoms with Crippen molar-refractivity contribution in [2.45, 2.75) is 35.2 Å². The van der Waals surface area contributed by atoms with Crippen LogP contribution >= 0.6 is 39.3 Å². The van der Waals surface area contributed by atoms with Crippen LogP contribution in [-0.2, 0) is 6.54 Å². The Morgan fingerprint density at radius 3 is 2.55 bits per heavy atom. The predicted octanol–water partition coefficient (Wildman–Crippen LogP) is 5.51. The topological polar surface area (TPSA) is 12.0 Å². The fraction of sp³-hybridized carbons (Fsp3) is 0.250. The predicted molar refractivity (Wildman–Crippen MR) is 89.6 cm³/mol. The molecule has 1 fully saturated rings. The first-order valence-corrected chi connectivity index (χ1v) is 8.65. The quantitative estimate of drug-likeness (QED) is 0.747. The second-order valence-corrected chi connectivity index (χ2v) is 7.41. The van der Waals surface area contributed by atoms with Gasteiger partial charge in [0.15, 0.2) is 0 Å². The summed E-state index contributed by atoms with van der Waals surface area (Å²) < 4.78 is 1.09. The van der Waals surface area contributed by atoms with E-state index in [2.05, 4.69) is 51.6 Å². The van der Waals surface area contributed by atoms with Gasteiger partial charge in [0, 0.05) is 26.9 Å². The number of hydrogen-bond acceptors (Lipinski definition) is 2. The largest absolute Gasteiger partial charge is 0.310 e. The molecule has 20 heavy (non-hydrogen) atoms. The summed E-state index contributed by atoms with van der Waals surface area (Å²) in [5.74, 6) is 0. The van der Waals surface area contributed by atoms with Gasteiger partial charge in [-0.1, -0.05) is 45.4 Å². The minimum absolute atomic E-state index is 0.727. The van der Waals surface area contributed by atoms with Gasteiger partial charge in [-0.05, 0) is 54.8 Å². The van der Waals surface area contributed by atoms with Gasteiger partial charge in [-0.3, -0.25) is 0 Å². The SMILES string of the molecule is Clc1cc(CNC2CC2)ccc1Sc1ccc(Br)cc1. The Morgan fingerprint density at radius 2 is 1.90 bits per heavy atom. The van der Waals surface area contributed by atoms with Gasteiger partial charge in [0.25, 0.3) is 0 Å². The third-order valence-corrected chi connectivity index (χ3v) is 5.25. The lowest BCUT2D eigenvalue weighted by Gasteiger charge is -2.08. The molecule has 0 unspecified atom stereocenters. The Hall–Kier alpha value is -0.480. The van der Waals surface area contributed by atoms with Crippen molar-refractivity contribution < 1.29 is 0 Å². The Bertz CT molecular complexity index is 596. The highest BCUT2D eigenvalue weighted by atomic mass is 79.9. The zero-order valence-corrected chi connectivity index (χ0v) is 14.1. The maximum atomic E-state index is 6.38. The van der Waals surface area contributed by atoms with E-state index in [9.17, 15) is 0 Å². The molecule has 0 spiro atoms. The summed E-state index contributed by atoms with van der Waals surface area (Å²) in [6, 6.07) is 15.3. The van der Waals surface area contributed by atoms with Gasteiger partial charge in [0.05, 0.1) is 5.02 Å². The lowest BCUT2D eigenvalue weighted by atomic mass is 10.2. The minimum Gasteiger partial charge on any atom is -0.310 e. The van der Waals surface area contributed by atoms with Gasteiger partial charge >= 0.3 is 0 Å². The van der Waals surface area contributed by atoms with Crippen molar-refractivity contribution in [3.05, 3.63) is 57.5 Å². The molecule has 104 valence electrons. The third kappa shape index (κ3) is 4.01. The van der Waals surface area contributed by atoms with Crippen molar-refractivity contribution >= 4 is 39.3 Å². The highest BCUT2D eigenvalue weighted by Crippen LogP contribution is 2.34. The smallest absolute Gasteiger partial charge is 0.0548 e. The van der Waals surface area contributed by atoms with Crippen molar-refractivity contribution in [2.75, 3.05) is 0 Å². The number of nitrogens with one attached hydrogen (secondary N) is 1. The summed E-state index contributed by atoms with van der Waals surface area (Å²) >= 11 is 11.5. The summed E-state index contributed by atoms with van der Waals surface area (Å²) in [6.45, 7) is 0.910. The van der Waals surface area contributed by atoms with Crippen LogP contribution in [0.2, 0.25) is 5.02 Å². The molecule has 1 N–H and O–H groups in total. The number of halogens is 2. The normalized spacial score (nSPS) is 14.5. The molecule has 4 heteroatoms. The van der Waals surface area contributed by atoms with Crippen LogP contribution in [0.1, 0.15) is 18.4 Å². The zero-order valence-electron chi connectivity index (χ0n) is 10.9. The van der Waals surface area contributed by atoms with E-state index in [0.717, 1.165) is 27.0 Å². The number of benzene rings is 2. The lowest BCUT2D eigenvalue weighted by Crippen LogP contribution is -2.15. The van der Waals surface area contributed by atoms with Crippen molar-refractivity contribution in [1.82, 2.24) is 5.32 Å². The summed E-state index contributed by atoms with van der Waals surface area (Å²) in [5, 5.41) is 4.33. The molecular formula is C16H15BrClNS. The van der Waals surface area contributed by atoms with Crippen molar-refractivity contribution in [1.29, 1.82) is 0 Å². The maximum absolute atomic E-state index is 6.38. The first-order chi connectivity index (χ1) is 9.70. The van der Waals surface area contributed by atoms with Gasteiger partial charge in [-0.2, -0.15) is 0 Å². The molecule has 0 bridgehead atoms. The molecule has 0 amide bonds. The summed E-state index contributed by atoms with van der Waals surface area (Å²) in [6.07, 6.45) is 2.62. The first kappa shape index (κ1) is 14.5. The van der Waals surface area contributed by atoms with Crippen LogP contribution < -0.4 is 5.32 Å². The molecule has 0 radical (unpaired) electrons. The lowest BCUT2D eigenvalue weighted by molar-refractivity contribution is 0.687. The Labute approximate surface area is 137 Å². The average Bonchev–Trinajstić information content (AvgIpc) is 3.26. The standard InChI is InChI=1S/C16H15BrClNS/c17-12-2-6-14(7-3-12)20-16-8-1-11(9-15(16)18)10-19-13-4-5-13/h1-3,6-9,13,19H,4-5,10H2. The molecule has 3 rings (SSSR count). The Balaban J connectivity index is 1.68. The summed E-state index contributed by atoms with van der Waals surface area (Å²) in [4.78, 5) is 2.29. The van der Waals surface area contributed by atoms with E-state index in [1.165, 1.54) is 23.3 Å². The third-order valence-electron chi connectivity index (χ3n) is 3.21. The van der Waals surface area contributed by atoms with E-state index in [4.69, 9.17) is 11.6 Å². The highest BCUT2D eigenvalue weighted by Gasteiger charge is 2.19. The fourth-order valence-electron chi connectivity index (χ4n) is 1.92. The van der Waals surface area contributed by atoms with E-state index < -0.39 is 0 Å². The molecule has 0 aliphatic heterocycles. The zero-order chi connectivity index (χ0) is 13.9. The molecule has 0 aromatic heterocycles. The summed E-state index contributed by atoms with van der Waals surface area (Å²) in [5.41, 5.74) is 1.25. The minimum atomic E-state index is 0.727. The summed E-state index contributed by atoms with van der Waals surface area (Å²) in [7, 11) is 0. The van der Waals surface area contributed by atoms with Crippen LogP contribution in [0.15, 0.2) is 56.7 Å². The molecule has 0 heterocycles. The molecule has 1 saturated carbocycles. The fourth-order valence-corrected chi connectivity index (χ4v) is 3.32. The van der Waals surface area contributed by atoms with E-state index in [1.54, 1.807) is 11.8 Å². The van der Waals surface area contributed by atoms with Crippen LogP contribution in [0.5, 0.6) is 0 Å². The van der Waals surface area contributed by atoms with Crippen molar-refractivity contribution in [3.8, 4) is 0 Å². The molecule has 0 atom stereocenters. The van der Waals surface area contributed by atoms with Gasteiger partial charge in [0.2, 0.25) is 0 Å². The van der Waals surface area contributed by atoms with E-state index in [-0.39, 0.29) is 0 Å². The molecule has 1 aliphatic carbocycles. The Kier molecular flexibility index (Phi) is 4.72. The van der Waals surface area contributed by atoms with Crippen LogP contribution in [-0.4, -0.2) is 6.04 Å². The average molecular weight is 369 g/mol. The van der Waals surface area contributed by atoms with Crippen molar-refractivity contribution in [2.24, 2.45) is 0 Å². The first-order valence-electron chi connectivity index (χ1n) is 6.66. The van der Waals surface area contributed by atoms with Gasteiger partial charge in [0.1, 0.15) is 0 Å². The number of rotatable bonds is 5. The van der Waals surface area contributed by atoms with Gasteiger partial charge < -0.3 is 5.32 Å². The molecule has 1 aliphatic rings. The van der Waals surface area contributed by atoms with E-state index >= 15 is 0 Å². The second kappa shape index (κ2) is 6.52. The van der Waals surface area contributed by atoms with E-state index in [0.29, 0.717) is 0 Å². The molecule has 1 nitrogen and oxygen atoms in total. The highest BCUT2D eigenvalue weighted by molar-refractivity contribution is 9.10. The van der Waals surface area contributed by atoms with Crippen LogP contribution in [0.25, 0.3) is 0 Å². The number of hydrogen-bond donors (Lipinski definition) is 1. The molecular weight excluding hydrogens is 354 g/mol. The Morgan fingerprint density at radius 1 is 1.15 bits per heavy atom. The van der Waals surface area contributed by atoms with Crippen LogP contribution in [0, 0.1) is 0 Å². The van der Waals surface area contributed by atoms with Crippen molar-refractivity contribution in [3.63, 3.8) is 0 Å². The van der Waals surface area contributed by atoms with Gasteiger partial charge in [-0.15, -0.1) is 0 Å².